The largest absolute Gasteiger partial charge is 0.400 e. The Labute approximate surface area is 116 Å². The van der Waals surface area contributed by atoms with E-state index in [9.17, 15) is 8.42 Å². The van der Waals surface area contributed by atoms with Gasteiger partial charge in [-0.1, -0.05) is 27.7 Å². The molecule has 0 spiro atoms. The van der Waals surface area contributed by atoms with Crippen LogP contribution < -0.4 is 0 Å². The lowest BCUT2D eigenvalue weighted by atomic mass is 10.2. The van der Waals surface area contributed by atoms with E-state index in [1.807, 2.05) is 27.7 Å². The van der Waals surface area contributed by atoms with Crippen LogP contribution in [0.15, 0.2) is 0 Å². The molecule has 0 aromatic rings. The molecule has 0 amide bonds. The van der Waals surface area contributed by atoms with Gasteiger partial charge in [-0.15, -0.1) is 0 Å². The first-order valence-corrected chi connectivity index (χ1v) is 7.86. The highest BCUT2D eigenvalue weighted by Crippen LogP contribution is 1.98. The molecule has 0 atom stereocenters. The zero-order valence-electron chi connectivity index (χ0n) is 12.3. The van der Waals surface area contributed by atoms with Crippen molar-refractivity contribution in [1.82, 2.24) is 0 Å². The zero-order chi connectivity index (χ0) is 14.7. The second-order valence-electron chi connectivity index (χ2n) is 4.99. The molecular weight excluding hydrogens is 272 g/mol. The second-order valence-corrected chi connectivity index (χ2v) is 6.28. The summed E-state index contributed by atoms with van der Waals surface area (Å²) >= 11 is 0. The van der Waals surface area contributed by atoms with Crippen molar-refractivity contribution in [1.29, 1.82) is 0 Å². The molecule has 0 rings (SSSR count). The Morgan fingerprint density at radius 3 is 1.42 bits per heavy atom. The maximum atomic E-state index is 11.3. The van der Waals surface area contributed by atoms with E-state index >= 15 is 0 Å². The van der Waals surface area contributed by atoms with Crippen LogP contribution in [0, 0.1) is 11.8 Å². The first-order valence-electron chi connectivity index (χ1n) is 6.52. The lowest BCUT2D eigenvalue weighted by Gasteiger charge is -2.09. The number of hydrogen-bond donors (Lipinski definition) is 0. The topological polar surface area (TPSA) is 71.1 Å². The van der Waals surface area contributed by atoms with Gasteiger partial charge in [0.2, 0.25) is 0 Å². The van der Waals surface area contributed by atoms with Crippen LogP contribution in [-0.2, 0) is 28.2 Å². The van der Waals surface area contributed by atoms with Crippen LogP contribution >= 0.6 is 0 Å². The number of rotatable bonds is 12. The number of hydrogen-bond acceptors (Lipinski definition) is 6. The minimum atomic E-state index is -3.94. The maximum absolute atomic E-state index is 11.3. The van der Waals surface area contributed by atoms with Gasteiger partial charge in [-0.3, -0.25) is 0 Å². The van der Waals surface area contributed by atoms with Gasteiger partial charge in [0.15, 0.2) is 0 Å². The minimum Gasteiger partial charge on any atom is -0.379 e. The summed E-state index contributed by atoms with van der Waals surface area (Å²) in [6, 6.07) is 0. The third-order valence-electron chi connectivity index (χ3n) is 1.81. The molecule has 0 aliphatic heterocycles. The van der Waals surface area contributed by atoms with Crippen molar-refractivity contribution in [3.05, 3.63) is 0 Å². The smallest absolute Gasteiger partial charge is 0.379 e. The van der Waals surface area contributed by atoms with Gasteiger partial charge in [0.05, 0.1) is 26.4 Å². The van der Waals surface area contributed by atoms with Crippen molar-refractivity contribution in [2.24, 2.45) is 11.8 Å². The first kappa shape index (κ1) is 18.8. The van der Waals surface area contributed by atoms with Gasteiger partial charge in [-0.25, -0.2) is 8.37 Å². The highest BCUT2D eigenvalue weighted by atomic mass is 32.3. The van der Waals surface area contributed by atoms with Gasteiger partial charge >= 0.3 is 10.4 Å². The van der Waals surface area contributed by atoms with Gasteiger partial charge in [-0.05, 0) is 11.8 Å². The minimum absolute atomic E-state index is 0.0398. The lowest BCUT2D eigenvalue weighted by molar-refractivity contribution is 0.0635. The predicted molar refractivity (Wildman–Crippen MR) is 72.1 cm³/mol. The molecule has 6 nitrogen and oxygen atoms in total. The highest BCUT2D eigenvalue weighted by Gasteiger charge is 2.11. The molecule has 0 saturated heterocycles. The van der Waals surface area contributed by atoms with E-state index in [1.165, 1.54) is 0 Å². The van der Waals surface area contributed by atoms with E-state index in [1.54, 1.807) is 0 Å². The van der Waals surface area contributed by atoms with Crippen molar-refractivity contribution in [3.8, 4) is 0 Å². The van der Waals surface area contributed by atoms with E-state index in [4.69, 9.17) is 9.47 Å². The van der Waals surface area contributed by atoms with Crippen molar-refractivity contribution in [2.45, 2.75) is 27.7 Å². The molecule has 0 saturated carbocycles. The van der Waals surface area contributed by atoms with Crippen LogP contribution in [0.5, 0.6) is 0 Å². The molecule has 0 aliphatic rings. The number of ether oxygens (including phenoxy) is 2. The standard InChI is InChI=1S/C12H26O6S/c1-11(2)9-15-5-7-17-19(13,14)18-8-6-16-10-12(3)4/h11-12H,5-10H2,1-4H3. The van der Waals surface area contributed by atoms with Crippen LogP contribution in [-0.4, -0.2) is 48.1 Å². The zero-order valence-corrected chi connectivity index (χ0v) is 13.1. The predicted octanol–water partition coefficient (Wildman–Crippen LogP) is 1.61. The fourth-order valence-corrected chi connectivity index (χ4v) is 1.67. The molecule has 116 valence electrons. The molecule has 0 heterocycles. The average Bonchev–Trinajstić information content (AvgIpc) is 2.27. The Balaban J connectivity index is 3.53. The molecule has 0 aliphatic carbocycles. The monoisotopic (exact) mass is 298 g/mol. The molecule has 19 heavy (non-hydrogen) atoms. The summed E-state index contributed by atoms with van der Waals surface area (Å²) in [6.45, 7) is 9.57. The first-order chi connectivity index (χ1) is 8.83. The van der Waals surface area contributed by atoms with E-state index in [0.717, 1.165) is 0 Å². The average molecular weight is 298 g/mol. The summed E-state index contributed by atoms with van der Waals surface area (Å²) in [4.78, 5) is 0. The van der Waals surface area contributed by atoms with E-state index in [-0.39, 0.29) is 26.4 Å². The summed E-state index contributed by atoms with van der Waals surface area (Å²) in [7, 11) is -3.94. The van der Waals surface area contributed by atoms with Gasteiger partial charge in [0.1, 0.15) is 0 Å². The van der Waals surface area contributed by atoms with Gasteiger partial charge in [-0.2, -0.15) is 8.42 Å². The Kier molecular flexibility index (Phi) is 10.4. The summed E-state index contributed by atoms with van der Waals surface area (Å²) < 4.78 is 42.1. The van der Waals surface area contributed by atoms with Gasteiger partial charge < -0.3 is 9.47 Å². The molecule has 0 radical (unpaired) electrons. The summed E-state index contributed by atoms with van der Waals surface area (Å²) in [6.07, 6.45) is 0. The highest BCUT2D eigenvalue weighted by molar-refractivity contribution is 7.81. The third kappa shape index (κ3) is 14.0. The van der Waals surface area contributed by atoms with Crippen molar-refractivity contribution in [2.75, 3.05) is 39.6 Å². The van der Waals surface area contributed by atoms with Gasteiger partial charge in [0.25, 0.3) is 0 Å². The van der Waals surface area contributed by atoms with Crippen molar-refractivity contribution < 1.29 is 26.3 Å². The molecule has 0 N–H and O–H groups in total. The molecule has 7 heteroatoms. The molecule has 0 aromatic heterocycles. The molecule has 0 fully saturated rings. The fourth-order valence-electron chi connectivity index (χ4n) is 1.06. The van der Waals surface area contributed by atoms with Crippen LogP contribution in [0.2, 0.25) is 0 Å². The summed E-state index contributed by atoms with van der Waals surface area (Å²) in [5, 5.41) is 0. The van der Waals surface area contributed by atoms with Crippen LogP contribution in [0.3, 0.4) is 0 Å². The van der Waals surface area contributed by atoms with Gasteiger partial charge in [0, 0.05) is 13.2 Å². The van der Waals surface area contributed by atoms with E-state index in [0.29, 0.717) is 25.0 Å². The molecule has 0 bridgehead atoms. The summed E-state index contributed by atoms with van der Waals surface area (Å²) in [5.41, 5.74) is 0. The Hall–Kier alpha value is -0.210. The lowest BCUT2D eigenvalue weighted by Crippen LogP contribution is -2.17. The van der Waals surface area contributed by atoms with E-state index in [2.05, 4.69) is 8.37 Å². The van der Waals surface area contributed by atoms with Crippen molar-refractivity contribution >= 4 is 10.4 Å². The Morgan fingerprint density at radius 2 is 1.11 bits per heavy atom. The Bertz CT molecular complexity index is 275. The molecule has 0 aromatic carbocycles. The third-order valence-corrected chi connectivity index (χ3v) is 2.72. The van der Waals surface area contributed by atoms with Crippen molar-refractivity contribution in [3.63, 3.8) is 0 Å². The fraction of sp³-hybridized carbons (Fsp3) is 1.00. The van der Waals surface area contributed by atoms with E-state index < -0.39 is 10.4 Å². The van der Waals surface area contributed by atoms with Crippen LogP contribution in [0.1, 0.15) is 27.7 Å². The van der Waals surface area contributed by atoms with Crippen LogP contribution in [0.25, 0.3) is 0 Å². The van der Waals surface area contributed by atoms with Crippen LogP contribution in [0.4, 0.5) is 0 Å². The maximum Gasteiger partial charge on any atom is 0.400 e. The quantitative estimate of drug-likeness (QED) is 0.510. The second kappa shape index (κ2) is 10.6. The molecular formula is C12H26O6S. The molecule has 0 unspecified atom stereocenters. The Morgan fingerprint density at radius 1 is 0.737 bits per heavy atom. The summed E-state index contributed by atoms with van der Waals surface area (Å²) in [5.74, 6) is 0.817. The normalized spacial score (nSPS) is 12.5. The SMILES string of the molecule is CC(C)COCCOS(=O)(=O)OCCOCC(C)C.